The Bertz CT molecular complexity index is 85.1. The summed E-state index contributed by atoms with van der Waals surface area (Å²) in [5.41, 5.74) is 0. The van der Waals surface area contributed by atoms with E-state index in [1.54, 1.807) is 0 Å². The average molecular weight is 258 g/mol. The molecule has 0 aromatic heterocycles. The quantitative estimate of drug-likeness (QED) is 0.559. The Morgan fingerprint density at radius 3 is 2.44 bits per heavy atom. The van der Waals surface area contributed by atoms with Crippen molar-refractivity contribution in [2.75, 3.05) is 0 Å². The van der Waals surface area contributed by atoms with Crippen molar-refractivity contribution in [2.45, 2.75) is 29.4 Å². The van der Waals surface area contributed by atoms with Crippen molar-refractivity contribution in [3.63, 3.8) is 0 Å². The number of hydrogen-bond donors (Lipinski definition) is 0. The Morgan fingerprint density at radius 2 is 2.11 bits per heavy atom. The fraction of sp³-hybridized carbons (Fsp3) is 0.833. The summed E-state index contributed by atoms with van der Waals surface area (Å²) >= 11 is 6.61. The molecule has 1 nitrogen and oxygen atoms in total. The molecule has 0 aliphatic heterocycles. The highest BCUT2D eigenvalue weighted by atomic mass is 79.9. The van der Waals surface area contributed by atoms with E-state index in [-0.39, 0.29) is 4.83 Å². The second-order valence-corrected chi connectivity index (χ2v) is 4.12. The van der Waals surface area contributed by atoms with Gasteiger partial charge in [0.05, 0.1) is 4.83 Å². The molecule has 0 aliphatic carbocycles. The Balaban J connectivity index is 3.44. The monoisotopic (exact) mass is 256 g/mol. The third-order valence-electron chi connectivity index (χ3n) is 1.04. The Labute approximate surface area is 72.5 Å². The van der Waals surface area contributed by atoms with E-state index in [1.807, 2.05) is 0 Å². The number of alkyl halides is 2. The molecule has 0 fully saturated rings. The zero-order chi connectivity index (χ0) is 7.28. The fourth-order valence-corrected chi connectivity index (χ4v) is 1.37. The van der Waals surface area contributed by atoms with Crippen LogP contribution in [0.3, 0.4) is 0 Å². The van der Waals surface area contributed by atoms with Crippen molar-refractivity contribution in [3.05, 3.63) is 0 Å². The van der Waals surface area contributed by atoms with Crippen LogP contribution in [0, 0.1) is 0 Å². The van der Waals surface area contributed by atoms with Crippen LogP contribution in [0.25, 0.3) is 0 Å². The molecule has 0 radical (unpaired) electrons. The first-order valence-corrected chi connectivity index (χ1v) is 4.79. The number of carbonyl (C=O) groups excluding carboxylic acids is 1. The summed E-state index contributed by atoms with van der Waals surface area (Å²) in [4.78, 5) is 10.4. The summed E-state index contributed by atoms with van der Waals surface area (Å²) < 4.78 is 0. The molecule has 0 aromatic carbocycles. The highest BCUT2D eigenvalue weighted by Crippen LogP contribution is 2.16. The van der Waals surface area contributed by atoms with Crippen molar-refractivity contribution in [1.29, 1.82) is 0 Å². The number of aldehydes is 1. The molecule has 0 saturated heterocycles. The van der Waals surface area contributed by atoms with Gasteiger partial charge >= 0.3 is 0 Å². The topological polar surface area (TPSA) is 17.1 Å². The van der Waals surface area contributed by atoms with E-state index < -0.39 is 0 Å². The van der Waals surface area contributed by atoms with Gasteiger partial charge in [0.1, 0.15) is 6.29 Å². The molecule has 2 unspecified atom stereocenters. The van der Waals surface area contributed by atoms with Crippen LogP contribution in [0.1, 0.15) is 19.8 Å². The molecule has 0 aliphatic rings. The third-order valence-corrected chi connectivity index (χ3v) is 3.63. The first kappa shape index (κ1) is 9.63. The zero-order valence-corrected chi connectivity index (χ0v) is 8.48. The summed E-state index contributed by atoms with van der Waals surface area (Å²) in [6, 6.07) is 0. The number of rotatable bonds is 4. The molecular formula is C6H10Br2O. The Kier molecular flexibility index (Phi) is 5.80. The van der Waals surface area contributed by atoms with Gasteiger partial charge in [0, 0.05) is 4.83 Å². The van der Waals surface area contributed by atoms with Gasteiger partial charge in [-0.2, -0.15) is 0 Å². The molecule has 0 bridgehead atoms. The van der Waals surface area contributed by atoms with Gasteiger partial charge in [-0.1, -0.05) is 45.2 Å². The Hall–Kier alpha value is 0.630. The van der Waals surface area contributed by atoms with Crippen LogP contribution in [-0.2, 0) is 4.79 Å². The second-order valence-electron chi connectivity index (χ2n) is 1.89. The largest absolute Gasteiger partial charge is 0.302 e. The van der Waals surface area contributed by atoms with Gasteiger partial charge in [0.25, 0.3) is 0 Å². The maximum Gasteiger partial charge on any atom is 0.134 e. The number of carbonyl (C=O) groups is 1. The van der Waals surface area contributed by atoms with Crippen LogP contribution in [-0.4, -0.2) is 15.9 Å². The van der Waals surface area contributed by atoms with E-state index in [0.29, 0.717) is 4.83 Å². The number of halogens is 2. The molecule has 54 valence electrons. The van der Waals surface area contributed by atoms with E-state index in [0.717, 1.165) is 19.1 Å². The summed E-state index contributed by atoms with van der Waals surface area (Å²) in [6.45, 7) is 2.10. The van der Waals surface area contributed by atoms with Crippen molar-refractivity contribution in [1.82, 2.24) is 0 Å². The van der Waals surface area contributed by atoms with Crippen molar-refractivity contribution in [2.24, 2.45) is 0 Å². The highest BCUT2D eigenvalue weighted by molar-refractivity contribution is 9.12. The van der Waals surface area contributed by atoms with E-state index in [1.165, 1.54) is 0 Å². The molecule has 0 heterocycles. The van der Waals surface area contributed by atoms with Crippen LogP contribution in [0.4, 0.5) is 0 Å². The molecule has 0 N–H and O–H groups in total. The fourth-order valence-electron chi connectivity index (χ4n) is 0.520. The van der Waals surface area contributed by atoms with Gasteiger partial charge in [0.15, 0.2) is 0 Å². The normalized spacial score (nSPS) is 16.8. The van der Waals surface area contributed by atoms with Crippen LogP contribution in [0.15, 0.2) is 0 Å². The van der Waals surface area contributed by atoms with Crippen LogP contribution >= 0.6 is 31.9 Å². The van der Waals surface area contributed by atoms with Crippen molar-refractivity contribution in [3.8, 4) is 0 Å². The summed E-state index contributed by atoms with van der Waals surface area (Å²) in [5, 5.41) is 0. The van der Waals surface area contributed by atoms with Crippen molar-refractivity contribution >= 4 is 38.1 Å². The number of hydrogen-bond acceptors (Lipinski definition) is 1. The molecule has 0 rings (SSSR count). The van der Waals surface area contributed by atoms with E-state index in [9.17, 15) is 4.79 Å². The summed E-state index contributed by atoms with van der Waals surface area (Å²) in [7, 11) is 0. The maximum absolute atomic E-state index is 10.1. The van der Waals surface area contributed by atoms with E-state index in [4.69, 9.17) is 0 Å². The minimum atomic E-state index is -0.0301. The smallest absolute Gasteiger partial charge is 0.134 e. The third kappa shape index (κ3) is 4.09. The molecule has 0 amide bonds. The first-order chi connectivity index (χ1) is 4.22. The lowest BCUT2D eigenvalue weighted by Gasteiger charge is -2.07. The van der Waals surface area contributed by atoms with Crippen LogP contribution in [0.5, 0.6) is 0 Å². The van der Waals surface area contributed by atoms with Crippen LogP contribution in [0.2, 0.25) is 0 Å². The highest BCUT2D eigenvalue weighted by Gasteiger charge is 2.12. The average Bonchev–Trinajstić information content (AvgIpc) is 1.87. The lowest BCUT2D eigenvalue weighted by atomic mass is 10.2. The molecule has 9 heavy (non-hydrogen) atoms. The lowest BCUT2D eigenvalue weighted by Crippen LogP contribution is -2.14. The van der Waals surface area contributed by atoms with Crippen LogP contribution < -0.4 is 0 Å². The van der Waals surface area contributed by atoms with Crippen molar-refractivity contribution < 1.29 is 4.79 Å². The zero-order valence-electron chi connectivity index (χ0n) is 5.31. The van der Waals surface area contributed by atoms with E-state index in [2.05, 4.69) is 38.8 Å². The molecule has 2 atom stereocenters. The van der Waals surface area contributed by atoms with Gasteiger partial charge in [-0.15, -0.1) is 0 Å². The first-order valence-electron chi connectivity index (χ1n) is 2.95. The molecule has 0 saturated carbocycles. The predicted molar refractivity (Wildman–Crippen MR) is 46.4 cm³/mol. The maximum atomic E-state index is 10.1. The molecule has 0 aromatic rings. The van der Waals surface area contributed by atoms with Gasteiger partial charge in [-0.25, -0.2) is 0 Å². The SMILES string of the molecule is CCCC(Br)C(Br)C=O. The molecule has 3 heteroatoms. The van der Waals surface area contributed by atoms with Gasteiger partial charge < -0.3 is 4.79 Å². The lowest BCUT2D eigenvalue weighted by molar-refractivity contribution is -0.107. The minimum absolute atomic E-state index is 0.0301. The molecule has 0 spiro atoms. The standard InChI is InChI=1S/C6H10Br2O/c1-2-3-5(7)6(8)4-9/h4-6H,2-3H2,1H3. The minimum Gasteiger partial charge on any atom is -0.302 e. The van der Waals surface area contributed by atoms with Gasteiger partial charge in [-0.05, 0) is 6.42 Å². The summed E-state index contributed by atoms with van der Waals surface area (Å²) in [5.74, 6) is 0. The molecular weight excluding hydrogens is 248 g/mol. The summed E-state index contributed by atoms with van der Waals surface area (Å²) in [6.07, 6.45) is 3.05. The van der Waals surface area contributed by atoms with E-state index >= 15 is 0 Å². The second kappa shape index (κ2) is 5.42. The van der Waals surface area contributed by atoms with Gasteiger partial charge in [0.2, 0.25) is 0 Å². The Morgan fingerprint density at radius 1 is 1.56 bits per heavy atom. The predicted octanol–water partition coefficient (Wildman–Crippen LogP) is 2.51. The van der Waals surface area contributed by atoms with Gasteiger partial charge in [-0.3, -0.25) is 0 Å².